The zero-order valence-corrected chi connectivity index (χ0v) is 19.7. The van der Waals surface area contributed by atoms with Crippen molar-refractivity contribution >= 4 is 11.6 Å². The molecule has 1 aliphatic rings. The van der Waals surface area contributed by atoms with Crippen LogP contribution >= 0.6 is 11.6 Å². The van der Waals surface area contributed by atoms with Crippen LogP contribution in [0, 0.1) is 0 Å². The topological polar surface area (TPSA) is 38.7 Å². The summed E-state index contributed by atoms with van der Waals surface area (Å²) in [6.45, 7) is 4.49. The molecule has 4 aromatic carbocycles. The Kier molecular flexibility index (Phi) is 4.82. The van der Waals surface area contributed by atoms with E-state index in [9.17, 15) is 0 Å². The second-order valence-electron chi connectivity index (χ2n) is 9.08. The lowest BCUT2D eigenvalue weighted by Crippen LogP contribution is -2.15. The van der Waals surface area contributed by atoms with E-state index in [1.54, 1.807) is 0 Å². The normalized spacial score (nSPS) is 13.4. The number of hydrogen-bond acceptors (Lipinski definition) is 3. The lowest BCUT2D eigenvalue weighted by Gasteiger charge is -2.22. The summed E-state index contributed by atoms with van der Waals surface area (Å²) >= 11 is 6.69. The molecular formula is C30H22ClN3. The molecule has 1 aliphatic carbocycles. The Morgan fingerprint density at radius 1 is 0.559 bits per heavy atom. The van der Waals surface area contributed by atoms with Crippen LogP contribution in [0.2, 0.25) is 5.02 Å². The first-order chi connectivity index (χ1) is 16.5. The van der Waals surface area contributed by atoms with Crippen molar-refractivity contribution in [3.05, 3.63) is 113 Å². The van der Waals surface area contributed by atoms with E-state index < -0.39 is 0 Å². The Bertz CT molecular complexity index is 1470. The van der Waals surface area contributed by atoms with E-state index in [1.165, 1.54) is 16.7 Å². The van der Waals surface area contributed by atoms with Gasteiger partial charge in [-0.2, -0.15) is 0 Å². The van der Waals surface area contributed by atoms with Crippen LogP contribution in [0.1, 0.15) is 25.0 Å². The molecule has 0 N–H and O–H groups in total. The number of fused-ring (bicyclic) bond motifs is 3. The van der Waals surface area contributed by atoms with E-state index in [0.29, 0.717) is 22.5 Å². The summed E-state index contributed by atoms with van der Waals surface area (Å²) in [5.74, 6) is 1.91. The maximum atomic E-state index is 6.69. The lowest BCUT2D eigenvalue weighted by atomic mass is 9.82. The minimum Gasteiger partial charge on any atom is -0.208 e. The second kappa shape index (κ2) is 7.89. The number of nitrogens with zero attached hydrogens (tertiary/aromatic N) is 3. The predicted molar refractivity (Wildman–Crippen MR) is 139 cm³/mol. The monoisotopic (exact) mass is 459 g/mol. The first-order valence-electron chi connectivity index (χ1n) is 11.3. The van der Waals surface area contributed by atoms with Crippen LogP contribution in [0.15, 0.2) is 97.1 Å². The number of aromatic nitrogens is 3. The number of rotatable bonds is 3. The van der Waals surface area contributed by atoms with Gasteiger partial charge in [0.25, 0.3) is 0 Å². The third kappa shape index (κ3) is 3.32. The van der Waals surface area contributed by atoms with Crippen molar-refractivity contribution in [2.75, 3.05) is 0 Å². The van der Waals surface area contributed by atoms with Gasteiger partial charge in [0, 0.05) is 27.1 Å². The maximum absolute atomic E-state index is 6.69. The summed E-state index contributed by atoms with van der Waals surface area (Å²) < 4.78 is 0. The molecule has 0 atom stereocenters. The van der Waals surface area contributed by atoms with E-state index in [2.05, 4.69) is 44.2 Å². The first kappa shape index (κ1) is 20.8. The Balaban J connectivity index is 1.66. The molecule has 0 unspecified atom stereocenters. The van der Waals surface area contributed by atoms with Gasteiger partial charge < -0.3 is 0 Å². The van der Waals surface area contributed by atoms with Gasteiger partial charge in [0.05, 0.1) is 0 Å². The molecule has 0 saturated carbocycles. The second-order valence-corrected chi connectivity index (χ2v) is 9.52. The summed E-state index contributed by atoms with van der Waals surface area (Å²) in [5.41, 5.74) is 7.49. The molecule has 5 aromatic rings. The van der Waals surface area contributed by atoms with Crippen molar-refractivity contribution in [2.24, 2.45) is 0 Å². The lowest BCUT2D eigenvalue weighted by molar-refractivity contribution is 0.660. The molecule has 0 aliphatic heterocycles. The predicted octanol–water partition coefficient (Wildman–Crippen LogP) is 7.83. The zero-order valence-electron chi connectivity index (χ0n) is 19.0. The van der Waals surface area contributed by atoms with Crippen molar-refractivity contribution in [3.8, 4) is 45.3 Å². The SMILES string of the molecule is CC1(C)c2ccccc2-c2c(-c3nc(-c4ccccc4)nc(-c4ccccc4)n3)cc(Cl)cc21. The van der Waals surface area contributed by atoms with Crippen molar-refractivity contribution in [3.63, 3.8) is 0 Å². The molecular weight excluding hydrogens is 438 g/mol. The molecule has 1 heterocycles. The van der Waals surface area contributed by atoms with E-state index in [1.807, 2.05) is 66.7 Å². The van der Waals surface area contributed by atoms with Crippen molar-refractivity contribution in [1.82, 2.24) is 15.0 Å². The molecule has 6 rings (SSSR count). The summed E-state index contributed by atoms with van der Waals surface area (Å²) in [6.07, 6.45) is 0. The highest BCUT2D eigenvalue weighted by Crippen LogP contribution is 2.52. The molecule has 0 amide bonds. The van der Waals surface area contributed by atoms with E-state index in [4.69, 9.17) is 26.6 Å². The maximum Gasteiger partial charge on any atom is 0.164 e. The van der Waals surface area contributed by atoms with E-state index in [-0.39, 0.29) is 5.41 Å². The van der Waals surface area contributed by atoms with Gasteiger partial charge in [-0.15, -0.1) is 0 Å². The quantitative estimate of drug-likeness (QED) is 0.276. The fourth-order valence-electron chi connectivity index (χ4n) is 4.89. The van der Waals surface area contributed by atoms with Gasteiger partial charge in [0.15, 0.2) is 17.5 Å². The third-order valence-electron chi connectivity index (χ3n) is 6.59. The Morgan fingerprint density at radius 3 is 1.71 bits per heavy atom. The van der Waals surface area contributed by atoms with E-state index in [0.717, 1.165) is 22.3 Å². The molecule has 4 heteroatoms. The standard InChI is InChI=1S/C30H22ClN3/c1-30(2)24-16-10-9-15-22(24)26-23(17-21(31)18-25(26)30)29-33-27(19-11-5-3-6-12-19)32-28(34-29)20-13-7-4-8-14-20/h3-18H,1-2H3. The van der Waals surface area contributed by atoms with Crippen LogP contribution in [0.3, 0.4) is 0 Å². The molecule has 0 radical (unpaired) electrons. The third-order valence-corrected chi connectivity index (χ3v) is 6.80. The molecule has 3 nitrogen and oxygen atoms in total. The average Bonchev–Trinajstić information content (AvgIpc) is 3.11. The van der Waals surface area contributed by atoms with Crippen LogP contribution in [0.5, 0.6) is 0 Å². The number of benzene rings is 4. The van der Waals surface area contributed by atoms with Gasteiger partial charge >= 0.3 is 0 Å². The van der Waals surface area contributed by atoms with Crippen LogP contribution < -0.4 is 0 Å². The average molecular weight is 460 g/mol. The van der Waals surface area contributed by atoms with Gasteiger partial charge in [-0.1, -0.05) is 110 Å². The molecule has 164 valence electrons. The Hall–Kier alpha value is -3.82. The van der Waals surface area contributed by atoms with Gasteiger partial charge in [0.1, 0.15) is 0 Å². The van der Waals surface area contributed by atoms with Gasteiger partial charge in [-0.25, -0.2) is 15.0 Å². The Morgan fingerprint density at radius 2 is 1.09 bits per heavy atom. The minimum absolute atomic E-state index is 0.164. The molecule has 0 saturated heterocycles. The highest BCUT2D eigenvalue weighted by atomic mass is 35.5. The highest BCUT2D eigenvalue weighted by Gasteiger charge is 2.37. The van der Waals surface area contributed by atoms with Crippen LogP contribution in [0.25, 0.3) is 45.3 Å². The Labute approximate surface area is 204 Å². The summed E-state index contributed by atoms with van der Waals surface area (Å²) in [5, 5.41) is 0.678. The first-order valence-corrected chi connectivity index (χ1v) is 11.7. The number of hydrogen-bond donors (Lipinski definition) is 0. The molecule has 0 fully saturated rings. The van der Waals surface area contributed by atoms with Crippen LogP contribution in [0.4, 0.5) is 0 Å². The van der Waals surface area contributed by atoms with Gasteiger partial charge in [-0.05, 0) is 34.4 Å². The fraction of sp³-hybridized carbons (Fsp3) is 0.100. The van der Waals surface area contributed by atoms with Crippen molar-refractivity contribution in [2.45, 2.75) is 19.3 Å². The summed E-state index contributed by atoms with van der Waals surface area (Å²) in [4.78, 5) is 14.7. The zero-order chi connectivity index (χ0) is 23.3. The van der Waals surface area contributed by atoms with Gasteiger partial charge in [0.2, 0.25) is 0 Å². The highest BCUT2D eigenvalue weighted by molar-refractivity contribution is 6.31. The van der Waals surface area contributed by atoms with Crippen LogP contribution in [-0.2, 0) is 5.41 Å². The summed E-state index contributed by atoms with van der Waals surface area (Å²) in [7, 11) is 0. The van der Waals surface area contributed by atoms with Crippen molar-refractivity contribution < 1.29 is 0 Å². The summed E-state index contributed by atoms with van der Waals surface area (Å²) in [6, 6.07) is 32.7. The number of halogens is 1. The molecule has 0 bridgehead atoms. The van der Waals surface area contributed by atoms with Gasteiger partial charge in [-0.3, -0.25) is 0 Å². The molecule has 1 aromatic heterocycles. The van der Waals surface area contributed by atoms with Crippen LogP contribution in [-0.4, -0.2) is 15.0 Å². The van der Waals surface area contributed by atoms with Crippen molar-refractivity contribution in [1.29, 1.82) is 0 Å². The molecule has 34 heavy (non-hydrogen) atoms. The minimum atomic E-state index is -0.164. The largest absolute Gasteiger partial charge is 0.208 e. The molecule has 0 spiro atoms. The fourth-order valence-corrected chi connectivity index (χ4v) is 5.10. The van der Waals surface area contributed by atoms with E-state index >= 15 is 0 Å². The smallest absolute Gasteiger partial charge is 0.164 e.